The first-order valence-electron chi connectivity index (χ1n) is 12.0. The van der Waals surface area contributed by atoms with Gasteiger partial charge in [-0.2, -0.15) is 0 Å². The van der Waals surface area contributed by atoms with Crippen molar-refractivity contribution in [1.82, 2.24) is 4.57 Å². The fourth-order valence-electron chi connectivity index (χ4n) is 5.07. The van der Waals surface area contributed by atoms with Crippen LogP contribution in [0.2, 0.25) is 0 Å². The standard InChI is InChI=1S/C30H23NO7/c1-31-23-14-19(36-3)9-6-17(23)13-22(30(31)34)21-15-26(32)37-24-11-10-20-28(33)25(38-29(20)27(21)24)12-16-4-7-18(35-2)8-5-16/h4-14,21H,15H2,1-3H3/b25-12+/t21-/m0/s1. The summed E-state index contributed by atoms with van der Waals surface area (Å²) in [4.78, 5) is 39.4. The molecule has 2 aliphatic rings. The van der Waals surface area contributed by atoms with E-state index in [4.69, 9.17) is 18.9 Å². The van der Waals surface area contributed by atoms with E-state index in [-0.39, 0.29) is 29.3 Å². The third-order valence-electron chi connectivity index (χ3n) is 7.03. The Balaban J connectivity index is 1.48. The molecule has 1 aromatic heterocycles. The second-order valence-electron chi connectivity index (χ2n) is 9.19. The van der Waals surface area contributed by atoms with Gasteiger partial charge in [0.15, 0.2) is 5.76 Å². The summed E-state index contributed by atoms with van der Waals surface area (Å²) >= 11 is 0. The van der Waals surface area contributed by atoms with Crippen LogP contribution < -0.4 is 24.5 Å². The average molecular weight is 510 g/mol. The van der Waals surface area contributed by atoms with Gasteiger partial charge in [-0.1, -0.05) is 12.1 Å². The van der Waals surface area contributed by atoms with E-state index in [1.165, 1.54) is 4.57 Å². The molecule has 0 saturated heterocycles. The molecule has 3 aromatic carbocycles. The summed E-state index contributed by atoms with van der Waals surface area (Å²) in [5.74, 6) is 0.663. The number of carbonyl (C=O) groups is 2. The number of hydrogen-bond donors (Lipinski definition) is 0. The minimum Gasteiger partial charge on any atom is -0.497 e. The molecular formula is C30H23NO7. The Morgan fingerprint density at radius 1 is 0.895 bits per heavy atom. The first kappa shape index (κ1) is 23.5. The molecule has 4 aromatic rings. The van der Waals surface area contributed by atoms with E-state index in [1.807, 2.05) is 24.3 Å². The van der Waals surface area contributed by atoms with E-state index in [0.29, 0.717) is 39.5 Å². The maximum absolute atomic E-state index is 13.6. The largest absolute Gasteiger partial charge is 0.497 e. The van der Waals surface area contributed by atoms with Crippen molar-refractivity contribution < 1.29 is 28.5 Å². The van der Waals surface area contributed by atoms with Crippen molar-refractivity contribution in [1.29, 1.82) is 0 Å². The van der Waals surface area contributed by atoms with Crippen molar-refractivity contribution in [3.63, 3.8) is 0 Å². The van der Waals surface area contributed by atoms with Crippen molar-refractivity contribution in [2.45, 2.75) is 12.3 Å². The highest BCUT2D eigenvalue weighted by Gasteiger charge is 2.39. The van der Waals surface area contributed by atoms with Gasteiger partial charge in [0.05, 0.1) is 31.7 Å². The van der Waals surface area contributed by atoms with E-state index in [2.05, 4.69) is 0 Å². The average Bonchev–Trinajstić information content (AvgIpc) is 3.25. The third kappa shape index (κ3) is 3.73. The first-order valence-corrected chi connectivity index (χ1v) is 12.0. The monoisotopic (exact) mass is 509 g/mol. The van der Waals surface area contributed by atoms with Crippen molar-refractivity contribution in [2.75, 3.05) is 14.2 Å². The second kappa shape index (κ2) is 8.92. The highest BCUT2D eigenvalue weighted by atomic mass is 16.5. The van der Waals surface area contributed by atoms with E-state index >= 15 is 0 Å². The number of pyridine rings is 1. The summed E-state index contributed by atoms with van der Waals surface area (Å²) in [6.07, 6.45) is 1.59. The number of fused-ring (bicyclic) bond motifs is 4. The van der Waals surface area contributed by atoms with Gasteiger partial charge in [-0.15, -0.1) is 0 Å². The summed E-state index contributed by atoms with van der Waals surface area (Å²) in [7, 11) is 4.83. The summed E-state index contributed by atoms with van der Waals surface area (Å²) in [6.45, 7) is 0. The topological polar surface area (TPSA) is 93.1 Å². The minimum absolute atomic E-state index is 0.0601. The predicted molar refractivity (Wildman–Crippen MR) is 140 cm³/mol. The van der Waals surface area contributed by atoms with Crippen LogP contribution >= 0.6 is 0 Å². The highest BCUT2D eigenvalue weighted by molar-refractivity contribution is 6.15. The number of ether oxygens (including phenoxy) is 4. The van der Waals surface area contributed by atoms with Crippen molar-refractivity contribution in [3.8, 4) is 23.0 Å². The van der Waals surface area contributed by atoms with Crippen molar-refractivity contribution in [2.24, 2.45) is 7.05 Å². The molecule has 0 N–H and O–H groups in total. The van der Waals surface area contributed by atoms with Gasteiger partial charge in [-0.25, -0.2) is 0 Å². The lowest BCUT2D eigenvalue weighted by Crippen LogP contribution is -2.29. The molecular weight excluding hydrogens is 486 g/mol. The molecule has 0 spiro atoms. The number of benzene rings is 3. The maximum atomic E-state index is 13.6. The number of rotatable bonds is 4. The van der Waals surface area contributed by atoms with Crippen LogP contribution in [-0.2, 0) is 11.8 Å². The van der Waals surface area contributed by atoms with E-state index in [0.717, 1.165) is 10.9 Å². The minimum atomic E-state index is -0.653. The molecule has 0 unspecified atom stereocenters. The molecule has 2 aliphatic heterocycles. The summed E-state index contributed by atoms with van der Waals surface area (Å²) in [5, 5.41) is 0.813. The van der Waals surface area contributed by atoms with Crippen LogP contribution in [0.5, 0.6) is 23.0 Å². The Kier molecular flexibility index (Phi) is 5.52. The van der Waals surface area contributed by atoms with Gasteiger partial charge in [-0.3, -0.25) is 14.4 Å². The molecule has 0 saturated carbocycles. The molecule has 3 heterocycles. The van der Waals surface area contributed by atoms with Gasteiger partial charge in [0.2, 0.25) is 5.78 Å². The zero-order valence-corrected chi connectivity index (χ0v) is 20.9. The smallest absolute Gasteiger partial charge is 0.312 e. The van der Waals surface area contributed by atoms with Gasteiger partial charge >= 0.3 is 5.97 Å². The Hall–Kier alpha value is -4.85. The number of carbonyl (C=O) groups excluding carboxylic acids is 2. The van der Waals surface area contributed by atoms with Crippen LogP contribution in [0.4, 0.5) is 0 Å². The number of aryl methyl sites for hydroxylation is 1. The normalized spacial score (nSPS) is 17.1. The number of methoxy groups -OCH3 is 2. The fraction of sp³-hybridized carbons (Fsp3) is 0.167. The number of nitrogens with zero attached hydrogens (tertiary/aromatic N) is 1. The molecule has 0 aliphatic carbocycles. The molecule has 8 nitrogen and oxygen atoms in total. The molecule has 0 bridgehead atoms. The summed E-state index contributed by atoms with van der Waals surface area (Å²) in [5.41, 5.74) is 2.49. The van der Waals surface area contributed by atoms with Gasteiger partial charge in [0.1, 0.15) is 23.0 Å². The number of hydrogen-bond acceptors (Lipinski definition) is 7. The molecule has 8 heteroatoms. The Morgan fingerprint density at radius 2 is 1.63 bits per heavy atom. The molecule has 6 rings (SSSR count). The third-order valence-corrected chi connectivity index (χ3v) is 7.03. The lowest BCUT2D eigenvalue weighted by molar-refractivity contribution is -0.135. The van der Waals surface area contributed by atoms with Crippen molar-refractivity contribution in [3.05, 3.63) is 99.0 Å². The van der Waals surface area contributed by atoms with Crippen LogP contribution in [-0.4, -0.2) is 30.5 Å². The lowest BCUT2D eigenvalue weighted by Gasteiger charge is -2.26. The lowest BCUT2D eigenvalue weighted by atomic mass is 9.84. The van der Waals surface area contributed by atoms with E-state index in [1.54, 1.807) is 63.7 Å². The Bertz CT molecular complexity index is 1730. The predicted octanol–water partition coefficient (Wildman–Crippen LogP) is 4.61. The van der Waals surface area contributed by atoms with E-state index in [9.17, 15) is 14.4 Å². The quantitative estimate of drug-likeness (QED) is 0.225. The van der Waals surface area contributed by atoms with Crippen LogP contribution in [0.1, 0.15) is 39.4 Å². The Labute approximate surface area is 217 Å². The highest BCUT2D eigenvalue weighted by Crippen LogP contribution is 2.48. The summed E-state index contributed by atoms with van der Waals surface area (Å²) in [6, 6.07) is 17.7. The molecule has 1 atom stereocenters. The first-order chi connectivity index (χ1) is 18.4. The maximum Gasteiger partial charge on any atom is 0.312 e. The molecule has 38 heavy (non-hydrogen) atoms. The summed E-state index contributed by atoms with van der Waals surface area (Å²) < 4.78 is 23.7. The number of ketones is 1. The van der Waals surface area contributed by atoms with Crippen LogP contribution in [0, 0.1) is 0 Å². The molecule has 190 valence electrons. The molecule has 0 radical (unpaired) electrons. The van der Waals surface area contributed by atoms with Crippen molar-refractivity contribution >= 4 is 28.7 Å². The number of Topliss-reactive ketones (excluding diaryl/α,β-unsaturated/α-hetero) is 1. The van der Waals surface area contributed by atoms with Gasteiger partial charge in [0, 0.05) is 30.2 Å². The van der Waals surface area contributed by atoms with Crippen LogP contribution in [0.3, 0.4) is 0 Å². The number of allylic oxidation sites excluding steroid dienone is 1. The van der Waals surface area contributed by atoms with Gasteiger partial charge in [-0.05, 0) is 59.5 Å². The van der Waals surface area contributed by atoms with Gasteiger partial charge in [0.25, 0.3) is 5.56 Å². The van der Waals surface area contributed by atoms with Crippen LogP contribution in [0.15, 0.2) is 71.2 Å². The number of aromatic nitrogens is 1. The zero-order valence-electron chi connectivity index (χ0n) is 20.9. The fourth-order valence-corrected chi connectivity index (χ4v) is 5.07. The SMILES string of the molecule is COc1ccc(/C=C2/Oc3c(ccc4c3[C@H](c3cc5ccc(OC)cc5n(C)c3=O)CC(=O)O4)C2=O)cc1. The van der Waals surface area contributed by atoms with Gasteiger partial charge < -0.3 is 23.5 Å². The Morgan fingerprint density at radius 3 is 2.37 bits per heavy atom. The second-order valence-corrected chi connectivity index (χ2v) is 9.19. The molecule has 0 amide bonds. The molecule has 0 fully saturated rings. The van der Waals surface area contributed by atoms with Crippen LogP contribution in [0.25, 0.3) is 17.0 Å². The van der Waals surface area contributed by atoms with E-state index < -0.39 is 11.9 Å². The zero-order chi connectivity index (χ0) is 26.6. The number of esters is 1.